The third-order valence-electron chi connectivity index (χ3n) is 2.29. The maximum Gasteiger partial charge on any atom is 0.225 e. The van der Waals surface area contributed by atoms with Crippen molar-refractivity contribution in [3.8, 4) is 11.6 Å². The van der Waals surface area contributed by atoms with Crippen molar-refractivity contribution >= 4 is 17.5 Å². The number of nitrogens with one attached hydrogen (secondary N) is 1. The molecule has 0 saturated carbocycles. The van der Waals surface area contributed by atoms with Gasteiger partial charge in [-0.25, -0.2) is 0 Å². The van der Waals surface area contributed by atoms with Crippen LogP contribution in [0.2, 0.25) is 0 Å². The van der Waals surface area contributed by atoms with Crippen molar-refractivity contribution in [2.24, 2.45) is 0 Å². The minimum absolute atomic E-state index is 0.158. The van der Waals surface area contributed by atoms with Gasteiger partial charge in [-0.1, -0.05) is 0 Å². The molecule has 1 aromatic heterocycles. The Labute approximate surface area is 105 Å². The first-order chi connectivity index (χ1) is 8.71. The molecule has 6 heteroatoms. The molecule has 2 rings (SSSR count). The zero-order chi connectivity index (χ0) is 13.0. The summed E-state index contributed by atoms with van der Waals surface area (Å²) in [6.07, 6.45) is 0. The van der Waals surface area contributed by atoms with E-state index in [0.717, 1.165) is 11.4 Å². The highest BCUT2D eigenvalue weighted by molar-refractivity contribution is 5.58. The average Bonchev–Trinajstić information content (AvgIpc) is 2.39. The first-order valence-electron chi connectivity index (χ1n) is 5.31. The van der Waals surface area contributed by atoms with Gasteiger partial charge in [0.25, 0.3) is 0 Å². The van der Waals surface area contributed by atoms with Crippen molar-refractivity contribution in [2.75, 3.05) is 25.3 Å². The van der Waals surface area contributed by atoms with Crippen LogP contribution < -0.4 is 20.5 Å². The Morgan fingerprint density at radius 2 is 1.78 bits per heavy atom. The number of nitrogen functional groups attached to an aromatic ring is 1. The second-order valence-corrected chi connectivity index (χ2v) is 3.51. The molecule has 18 heavy (non-hydrogen) atoms. The lowest BCUT2D eigenvalue weighted by atomic mass is 10.3. The summed E-state index contributed by atoms with van der Waals surface area (Å²) in [6.45, 7) is 0. The van der Waals surface area contributed by atoms with E-state index in [1.54, 1.807) is 13.2 Å². The van der Waals surface area contributed by atoms with Crippen LogP contribution in [0.1, 0.15) is 0 Å². The minimum Gasteiger partial charge on any atom is -0.497 e. The highest BCUT2D eigenvalue weighted by Crippen LogP contribution is 2.21. The molecule has 0 aliphatic heterocycles. The second-order valence-electron chi connectivity index (χ2n) is 3.51. The predicted molar refractivity (Wildman–Crippen MR) is 69.3 cm³/mol. The van der Waals surface area contributed by atoms with E-state index in [9.17, 15) is 0 Å². The summed E-state index contributed by atoms with van der Waals surface area (Å²) >= 11 is 0. The molecular formula is C12H14N4O2. The van der Waals surface area contributed by atoms with Gasteiger partial charge in [-0.3, -0.25) is 0 Å². The van der Waals surface area contributed by atoms with Gasteiger partial charge in [-0.05, 0) is 24.3 Å². The Morgan fingerprint density at radius 1 is 1.06 bits per heavy atom. The van der Waals surface area contributed by atoms with Crippen LogP contribution in [0, 0.1) is 0 Å². The van der Waals surface area contributed by atoms with E-state index in [1.165, 1.54) is 7.11 Å². The molecule has 0 aliphatic carbocycles. The lowest BCUT2D eigenvalue weighted by molar-refractivity contribution is 0.398. The van der Waals surface area contributed by atoms with Gasteiger partial charge >= 0.3 is 0 Å². The Bertz CT molecular complexity index is 528. The van der Waals surface area contributed by atoms with E-state index in [0.29, 0.717) is 11.7 Å². The molecule has 0 aliphatic rings. The number of benzene rings is 1. The van der Waals surface area contributed by atoms with Gasteiger partial charge < -0.3 is 20.5 Å². The topological polar surface area (TPSA) is 82.3 Å². The quantitative estimate of drug-likeness (QED) is 0.856. The first-order valence-corrected chi connectivity index (χ1v) is 5.31. The highest BCUT2D eigenvalue weighted by atomic mass is 16.5. The minimum atomic E-state index is 0.158. The standard InChI is InChI=1S/C12H14N4O2/c1-17-9-5-3-8(4-6-9)14-10-7-11(18-2)16-12(13)15-10/h3-7H,1-2H3,(H3,13,14,15,16). The number of hydrogen-bond donors (Lipinski definition) is 2. The summed E-state index contributed by atoms with van der Waals surface area (Å²) in [7, 11) is 3.15. The van der Waals surface area contributed by atoms with Crippen molar-refractivity contribution in [2.45, 2.75) is 0 Å². The van der Waals surface area contributed by atoms with E-state index in [4.69, 9.17) is 15.2 Å². The smallest absolute Gasteiger partial charge is 0.225 e. The molecule has 94 valence electrons. The number of hydrogen-bond acceptors (Lipinski definition) is 6. The van der Waals surface area contributed by atoms with Gasteiger partial charge in [-0.2, -0.15) is 9.97 Å². The number of anilines is 3. The summed E-state index contributed by atoms with van der Waals surface area (Å²) < 4.78 is 10.1. The maximum atomic E-state index is 5.57. The third-order valence-corrected chi connectivity index (χ3v) is 2.29. The van der Waals surface area contributed by atoms with Gasteiger partial charge in [0, 0.05) is 11.8 Å². The second kappa shape index (κ2) is 5.22. The van der Waals surface area contributed by atoms with Gasteiger partial charge in [0.1, 0.15) is 11.6 Å². The molecule has 2 aromatic rings. The van der Waals surface area contributed by atoms with Crippen molar-refractivity contribution in [1.29, 1.82) is 0 Å². The fourth-order valence-corrected chi connectivity index (χ4v) is 1.43. The van der Waals surface area contributed by atoms with Crippen LogP contribution in [-0.4, -0.2) is 24.2 Å². The maximum absolute atomic E-state index is 5.57. The fourth-order valence-electron chi connectivity index (χ4n) is 1.43. The zero-order valence-corrected chi connectivity index (χ0v) is 10.2. The van der Waals surface area contributed by atoms with E-state index in [1.807, 2.05) is 24.3 Å². The van der Waals surface area contributed by atoms with Gasteiger partial charge in [0.2, 0.25) is 11.8 Å². The molecule has 1 heterocycles. The highest BCUT2D eigenvalue weighted by Gasteiger charge is 2.03. The Kier molecular flexibility index (Phi) is 3.47. The molecule has 0 unspecified atom stereocenters. The predicted octanol–water partition coefficient (Wildman–Crippen LogP) is 1.82. The van der Waals surface area contributed by atoms with Crippen LogP contribution in [0.3, 0.4) is 0 Å². The molecule has 0 amide bonds. The number of aromatic nitrogens is 2. The molecule has 0 radical (unpaired) electrons. The number of methoxy groups -OCH3 is 2. The molecule has 0 spiro atoms. The Balaban J connectivity index is 2.19. The largest absolute Gasteiger partial charge is 0.497 e. The van der Waals surface area contributed by atoms with Crippen molar-refractivity contribution in [1.82, 2.24) is 9.97 Å². The third kappa shape index (κ3) is 2.79. The van der Waals surface area contributed by atoms with Crippen LogP contribution in [0.15, 0.2) is 30.3 Å². The lowest BCUT2D eigenvalue weighted by Gasteiger charge is -2.08. The van der Waals surface area contributed by atoms with Crippen LogP contribution in [0.5, 0.6) is 11.6 Å². The Hall–Kier alpha value is -2.50. The SMILES string of the molecule is COc1ccc(Nc2cc(OC)nc(N)n2)cc1. The van der Waals surface area contributed by atoms with E-state index in [-0.39, 0.29) is 5.95 Å². The first kappa shape index (κ1) is 12.0. The zero-order valence-electron chi connectivity index (χ0n) is 10.2. The molecule has 0 bridgehead atoms. The van der Waals surface area contributed by atoms with E-state index >= 15 is 0 Å². The van der Waals surface area contributed by atoms with Gasteiger partial charge in [0.15, 0.2) is 0 Å². The van der Waals surface area contributed by atoms with Crippen molar-refractivity contribution in [3.63, 3.8) is 0 Å². The van der Waals surface area contributed by atoms with Gasteiger partial charge in [-0.15, -0.1) is 0 Å². The summed E-state index contributed by atoms with van der Waals surface area (Å²) in [4.78, 5) is 7.97. The van der Waals surface area contributed by atoms with Gasteiger partial charge in [0.05, 0.1) is 14.2 Å². The van der Waals surface area contributed by atoms with E-state index in [2.05, 4.69) is 15.3 Å². The Morgan fingerprint density at radius 3 is 2.39 bits per heavy atom. The number of nitrogens with two attached hydrogens (primary N) is 1. The van der Waals surface area contributed by atoms with Crippen molar-refractivity contribution in [3.05, 3.63) is 30.3 Å². The summed E-state index contributed by atoms with van der Waals surface area (Å²) in [6, 6.07) is 9.13. The van der Waals surface area contributed by atoms with Crippen LogP contribution in [-0.2, 0) is 0 Å². The van der Waals surface area contributed by atoms with Crippen LogP contribution in [0.25, 0.3) is 0 Å². The molecule has 3 N–H and O–H groups in total. The molecule has 0 fully saturated rings. The normalized spacial score (nSPS) is 9.89. The van der Waals surface area contributed by atoms with Crippen LogP contribution in [0.4, 0.5) is 17.5 Å². The van der Waals surface area contributed by atoms with Crippen LogP contribution >= 0.6 is 0 Å². The number of rotatable bonds is 4. The molecule has 6 nitrogen and oxygen atoms in total. The van der Waals surface area contributed by atoms with Crippen molar-refractivity contribution < 1.29 is 9.47 Å². The number of nitrogens with zero attached hydrogens (tertiary/aromatic N) is 2. The summed E-state index contributed by atoms with van der Waals surface area (Å²) in [5.41, 5.74) is 6.44. The van der Waals surface area contributed by atoms with E-state index < -0.39 is 0 Å². The number of ether oxygens (including phenoxy) is 2. The molecule has 0 saturated heterocycles. The molecular weight excluding hydrogens is 232 g/mol. The molecule has 0 atom stereocenters. The summed E-state index contributed by atoms with van der Waals surface area (Å²) in [5, 5.41) is 3.10. The summed E-state index contributed by atoms with van der Waals surface area (Å²) in [5.74, 6) is 1.94. The monoisotopic (exact) mass is 246 g/mol. The average molecular weight is 246 g/mol. The fraction of sp³-hybridized carbons (Fsp3) is 0.167. The molecule has 1 aromatic carbocycles. The lowest BCUT2D eigenvalue weighted by Crippen LogP contribution is -2.01.